The van der Waals surface area contributed by atoms with Gasteiger partial charge < -0.3 is 24.6 Å². The molecule has 0 fully saturated rings. The minimum Gasteiger partial charge on any atom is -0.508 e. The normalized spacial score (nSPS) is 15.1. The Hall–Kier alpha value is -5.13. The van der Waals surface area contributed by atoms with Gasteiger partial charge in [0, 0.05) is 50.2 Å². The van der Waals surface area contributed by atoms with E-state index in [1.54, 1.807) is 61.1 Å². The molecule has 0 aliphatic carbocycles. The first-order chi connectivity index (χ1) is 22.7. The van der Waals surface area contributed by atoms with Crippen molar-refractivity contribution in [2.75, 3.05) is 18.6 Å². The minimum atomic E-state index is -4.02. The third kappa shape index (κ3) is 7.16. The zero-order chi connectivity index (χ0) is 33.0. The number of hydrogen-bond donors (Lipinski definition) is 2. The first-order valence-electron chi connectivity index (χ1n) is 15.3. The zero-order valence-electron chi connectivity index (χ0n) is 26.3. The molecule has 5 aromatic rings. The van der Waals surface area contributed by atoms with Gasteiger partial charge in [-0.1, -0.05) is 42.5 Å². The Kier molecular flexibility index (Phi) is 9.28. The maximum Gasteiger partial charge on any atom is 0.251 e. The van der Waals surface area contributed by atoms with Crippen molar-refractivity contribution >= 4 is 21.6 Å². The average Bonchev–Trinajstić information content (AvgIpc) is 3.42. The fourth-order valence-corrected chi connectivity index (χ4v) is 7.49. The number of sulfonamides is 1. The number of imidazole rings is 1. The molecule has 1 amide bonds. The van der Waals surface area contributed by atoms with Crippen LogP contribution >= 0.6 is 0 Å². The molecular formula is C36H37N5O5S. The molecule has 2 N–H and O–H groups in total. The van der Waals surface area contributed by atoms with Gasteiger partial charge in [0.25, 0.3) is 5.91 Å². The number of benzene rings is 4. The van der Waals surface area contributed by atoms with Crippen LogP contribution in [0.4, 0.5) is 5.69 Å². The van der Waals surface area contributed by atoms with Crippen molar-refractivity contribution < 1.29 is 23.1 Å². The number of phenolic OH excluding ortho intramolecular Hbond substituents is 1. The van der Waals surface area contributed by atoms with Crippen LogP contribution in [0, 0.1) is 0 Å². The minimum absolute atomic E-state index is 0.0497. The lowest BCUT2D eigenvalue weighted by molar-refractivity contribution is 0.0950. The lowest BCUT2D eigenvalue weighted by Gasteiger charge is -2.32. The molecule has 0 radical (unpaired) electrons. The van der Waals surface area contributed by atoms with Gasteiger partial charge in [-0.05, 0) is 77.7 Å². The number of aromatic nitrogens is 2. The first kappa shape index (κ1) is 31.8. The molecule has 0 saturated heterocycles. The number of aromatic hydroxyl groups is 1. The summed E-state index contributed by atoms with van der Waals surface area (Å²) in [6, 6.07) is 27.9. The maximum absolute atomic E-state index is 14.5. The summed E-state index contributed by atoms with van der Waals surface area (Å²) in [7, 11) is -0.559. The second-order valence-electron chi connectivity index (χ2n) is 11.6. The summed E-state index contributed by atoms with van der Waals surface area (Å²) in [6.07, 6.45) is 3.94. The Morgan fingerprint density at radius 3 is 2.40 bits per heavy atom. The Balaban J connectivity index is 1.41. The molecule has 0 spiro atoms. The number of carbonyl (C=O) groups excluding carboxylic acids is 1. The van der Waals surface area contributed by atoms with Gasteiger partial charge in [0.2, 0.25) is 10.0 Å². The summed E-state index contributed by atoms with van der Waals surface area (Å²) >= 11 is 0. The number of fused-ring (bicyclic) bond motifs is 1. The van der Waals surface area contributed by atoms with Gasteiger partial charge in [-0.2, -0.15) is 4.31 Å². The largest absolute Gasteiger partial charge is 0.508 e. The quantitative estimate of drug-likeness (QED) is 0.221. The number of anilines is 1. The SMILES string of the molecule is COc1ccc(S(=O)(=O)N2Cc3cc(C(=O)NCc4ccccc4)ccc3N(Cc3cncn3C)C[C@H]2Cc2ccc(O)cc2)cc1. The molecule has 1 atom stereocenters. The average molecular weight is 652 g/mol. The van der Waals surface area contributed by atoms with E-state index in [2.05, 4.69) is 15.2 Å². The van der Waals surface area contributed by atoms with E-state index in [0.29, 0.717) is 42.9 Å². The molecule has 242 valence electrons. The molecule has 1 aliphatic heterocycles. The monoisotopic (exact) mass is 651 g/mol. The molecule has 47 heavy (non-hydrogen) atoms. The van der Waals surface area contributed by atoms with Crippen LogP contribution in [0.5, 0.6) is 11.5 Å². The van der Waals surface area contributed by atoms with Gasteiger partial charge in [-0.3, -0.25) is 4.79 Å². The molecule has 10 nitrogen and oxygen atoms in total. The maximum atomic E-state index is 14.5. The van der Waals surface area contributed by atoms with Crippen molar-refractivity contribution in [1.82, 2.24) is 19.2 Å². The first-order valence-corrected chi connectivity index (χ1v) is 16.7. The number of nitrogens with zero attached hydrogens (tertiary/aromatic N) is 4. The molecule has 1 aliphatic rings. The van der Waals surface area contributed by atoms with Crippen molar-refractivity contribution in [3.8, 4) is 11.5 Å². The van der Waals surface area contributed by atoms with Crippen LogP contribution in [0.2, 0.25) is 0 Å². The van der Waals surface area contributed by atoms with E-state index in [4.69, 9.17) is 4.74 Å². The third-order valence-electron chi connectivity index (χ3n) is 8.49. The van der Waals surface area contributed by atoms with Crippen LogP contribution in [-0.4, -0.2) is 53.0 Å². The topological polar surface area (TPSA) is 117 Å². The fraction of sp³-hybridized carbons (Fsp3) is 0.222. The van der Waals surface area contributed by atoms with E-state index in [1.807, 2.05) is 60.1 Å². The lowest BCUT2D eigenvalue weighted by atomic mass is 10.1. The van der Waals surface area contributed by atoms with Crippen LogP contribution in [-0.2, 0) is 43.1 Å². The highest BCUT2D eigenvalue weighted by Crippen LogP contribution is 2.34. The van der Waals surface area contributed by atoms with E-state index in [0.717, 1.165) is 22.5 Å². The number of hydrogen-bond acceptors (Lipinski definition) is 7. The molecule has 6 rings (SSSR count). The van der Waals surface area contributed by atoms with Crippen molar-refractivity contribution in [3.05, 3.63) is 138 Å². The molecule has 1 aromatic heterocycles. The lowest BCUT2D eigenvalue weighted by Crippen LogP contribution is -2.45. The molecule has 0 unspecified atom stereocenters. The number of nitrogens with one attached hydrogen (secondary N) is 1. The van der Waals surface area contributed by atoms with E-state index in [-0.39, 0.29) is 23.1 Å². The number of ether oxygens (including phenoxy) is 1. The third-order valence-corrected chi connectivity index (χ3v) is 10.4. The Morgan fingerprint density at radius 2 is 1.72 bits per heavy atom. The number of amides is 1. The molecule has 2 heterocycles. The summed E-state index contributed by atoms with van der Waals surface area (Å²) in [6.45, 7) is 1.27. The summed E-state index contributed by atoms with van der Waals surface area (Å²) in [4.78, 5) is 20.0. The molecule has 11 heteroatoms. The summed E-state index contributed by atoms with van der Waals surface area (Å²) < 4.78 is 37.7. The van der Waals surface area contributed by atoms with Gasteiger partial charge >= 0.3 is 0 Å². The highest BCUT2D eigenvalue weighted by molar-refractivity contribution is 7.89. The van der Waals surface area contributed by atoms with Crippen LogP contribution < -0.4 is 15.0 Å². The van der Waals surface area contributed by atoms with E-state index >= 15 is 0 Å². The van der Waals surface area contributed by atoms with E-state index < -0.39 is 16.1 Å². The Labute approximate surface area is 274 Å². The van der Waals surface area contributed by atoms with Crippen LogP contribution in [0.3, 0.4) is 0 Å². The van der Waals surface area contributed by atoms with Crippen molar-refractivity contribution in [2.45, 2.75) is 37.0 Å². The van der Waals surface area contributed by atoms with Gasteiger partial charge in [0.1, 0.15) is 11.5 Å². The number of methoxy groups -OCH3 is 1. The second kappa shape index (κ2) is 13.7. The predicted octanol–water partition coefficient (Wildman–Crippen LogP) is 4.89. The Bertz CT molecular complexity index is 1940. The van der Waals surface area contributed by atoms with Gasteiger partial charge in [-0.15, -0.1) is 0 Å². The number of aryl methyl sites for hydroxylation is 1. The van der Waals surface area contributed by atoms with Gasteiger partial charge in [-0.25, -0.2) is 13.4 Å². The zero-order valence-corrected chi connectivity index (χ0v) is 27.1. The fourth-order valence-electron chi connectivity index (χ4n) is 5.90. The summed E-state index contributed by atoms with van der Waals surface area (Å²) in [5, 5.41) is 12.9. The van der Waals surface area contributed by atoms with Crippen molar-refractivity contribution in [3.63, 3.8) is 0 Å². The Morgan fingerprint density at radius 1 is 0.979 bits per heavy atom. The highest BCUT2D eigenvalue weighted by atomic mass is 32.2. The summed E-state index contributed by atoms with van der Waals surface area (Å²) in [5.74, 6) is 0.448. The van der Waals surface area contributed by atoms with E-state index in [9.17, 15) is 18.3 Å². The number of carbonyl (C=O) groups is 1. The number of phenols is 1. The summed E-state index contributed by atoms with van der Waals surface area (Å²) in [5.41, 5.74) is 4.81. The van der Waals surface area contributed by atoms with E-state index in [1.165, 1.54) is 11.4 Å². The molecular weight excluding hydrogens is 614 g/mol. The molecule has 0 saturated carbocycles. The molecule has 0 bridgehead atoms. The standard InChI is InChI=1S/C36H37N5O5S/c1-39-25-37-21-31(39)24-40-23-30(18-26-8-11-32(42)12-9-26)41(47(44,45)34-15-13-33(46-2)14-16-34)22-29-19-28(10-17-35(29)40)36(43)38-20-27-6-4-3-5-7-27/h3-17,19,21,25,30,42H,18,20,22-24H2,1-2H3,(H,38,43)/t30-/m1/s1. The smallest absolute Gasteiger partial charge is 0.251 e. The van der Waals surface area contributed by atoms with Crippen LogP contribution in [0.15, 0.2) is 114 Å². The van der Waals surface area contributed by atoms with Gasteiger partial charge in [0.05, 0.1) is 30.6 Å². The molecule has 4 aromatic carbocycles. The van der Waals surface area contributed by atoms with Crippen LogP contribution in [0.1, 0.15) is 32.7 Å². The second-order valence-corrected chi connectivity index (χ2v) is 13.5. The van der Waals surface area contributed by atoms with Crippen molar-refractivity contribution in [1.29, 1.82) is 0 Å². The number of rotatable bonds is 10. The van der Waals surface area contributed by atoms with Gasteiger partial charge in [0.15, 0.2) is 0 Å². The predicted molar refractivity (Wildman–Crippen MR) is 180 cm³/mol. The van der Waals surface area contributed by atoms with Crippen molar-refractivity contribution in [2.24, 2.45) is 7.05 Å². The highest BCUT2D eigenvalue weighted by Gasteiger charge is 2.37. The van der Waals surface area contributed by atoms with Crippen LogP contribution in [0.25, 0.3) is 0 Å².